The van der Waals surface area contributed by atoms with Crippen molar-refractivity contribution in [2.75, 3.05) is 26.2 Å². The molecule has 1 saturated heterocycles. The number of carbonyl (C=O) groups excluding carboxylic acids is 1. The minimum atomic E-state index is -0.413. The lowest BCUT2D eigenvalue weighted by Crippen LogP contribution is -2.40. The molecule has 0 radical (unpaired) electrons. The maximum atomic E-state index is 13.3. The van der Waals surface area contributed by atoms with E-state index in [1.165, 1.54) is 23.3 Å². The first-order valence-corrected chi connectivity index (χ1v) is 10.3. The van der Waals surface area contributed by atoms with Gasteiger partial charge in [0.25, 0.3) is 0 Å². The second kappa shape index (κ2) is 7.79. The first-order chi connectivity index (χ1) is 13.8. The molecule has 1 fully saturated rings. The van der Waals surface area contributed by atoms with Gasteiger partial charge in [0, 0.05) is 43.0 Å². The molecule has 4 rings (SSSR count). The van der Waals surface area contributed by atoms with Gasteiger partial charge in [0.2, 0.25) is 5.91 Å². The smallest absolute Gasteiger partial charge is 0.225 e. The Bertz CT molecular complexity index is 892. The Kier molecular flexibility index (Phi) is 5.34. The van der Waals surface area contributed by atoms with Crippen LogP contribution in [0.2, 0.25) is 0 Å². The maximum Gasteiger partial charge on any atom is 0.225 e. The Labute approximate surface area is 172 Å². The van der Waals surface area contributed by atoms with Crippen LogP contribution >= 0.6 is 0 Å². The Hall–Kier alpha value is -2.40. The largest absolute Gasteiger partial charge is 0.492 e. The first kappa shape index (κ1) is 19.9. The van der Waals surface area contributed by atoms with Crippen LogP contribution in [0.15, 0.2) is 48.5 Å². The zero-order valence-electron chi connectivity index (χ0n) is 17.3. The standard InChI is InChI=1S/C24H29FN2O2/c1-24(2,3)23(28)26-22-19-10-5-4-9-18(19)20-14-27(15-21(20)22)11-12-29-17-8-6-7-16(25)13-17/h4-10,13,20-22H,11-12,14-15H2,1-3H3,(H,26,28)/t20-,21-,22+/m0/s1. The number of amides is 1. The van der Waals surface area contributed by atoms with Crippen LogP contribution in [0.4, 0.5) is 4.39 Å². The molecule has 2 aromatic rings. The van der Waals surface area contributed by atoms with Gasteiger partial charge in [-0.3, -0.25) is 9.69 Å². The van der Waals surface area contributed by atoms with E-state index >= 15 is 0 Å². The van der Waals surface area contributed by atoms with Crippen molar-refractivity contribution in [2.45, 2.75) is 32.7 Å². The molecule has 0 aromatic heterocycles. The Morgan fingerprint density at radius 1 is 1.14 bits per heavy atom. The van der Waals surface area contributed by atoms with Crippen LogP contribution in [0.1, 0.15) is 43.9 Å². The summed E-state index contributed by atoms with van der Waals surface area (Å²) in [6.07, 6.45) is 0. The minimum absolute atomic E-state index is 0.0528. The van der Waals surface area contributed by atoms with Crippen LogP contribution in [0, 0.1) is 17.2 Å². The fraction of sp³-hybridized carbons (Fsp3) is 0.458. The lowest BCUT2D eigenvalue weighted by atomic mass is 9.91. The van der Waals surface area contributed by atoms with E-state index in [9.17, 15) is 9.18 Å². The lowest BCUT2D eigenvalue weighted by Gasteiger charge is -2.26. The normalized spacial score (nSPS) is 23.5. The summed E-state index contributed by atoms with van der Waals surface area (Å²) in [4.78, 5) is 15.1. The van der Waals surface area contributed by atoms with E-state index in [0.717, 1.165) is 19.6 Å². The average molecular weight is 397 g/mol. The summed E-state index contributed by atoms with van der Waals surface area (Å²) >= 11 is 0. The minimum Gasteiger partial charge on any atom is -0.492 e. The summed E-state index contributed by atoms with van der Waals surface area (Å²) in [7, 11) is 0. The number of likely N-dealkylation sites (tertiary alicyclic amines) is 1. The number of fused-ring (bicyclic) bond motifs is 3. The third-order valence-electron chi connectivity index (χ3n) is 6.04. The molecule has 1 aliphatic carbocycles. The van der Waals surface area contributed by atoms with E-state index in [2.05, 4.69) is 34.5 Å². The highest BCUT2D eigenvalue weighted by atomic mass is 19.1. The van der Waals surface area contributed by atoms with Crippen LogP contribution in [0.3, 0.4) is 0 Å². The van der Waals surface area contributed by atoms with Gasteiger partial charge in [-0.25, -0.2) is 4.39 Å². The van der Waals surface area contributed by atoms with Gasteiger partial charge >= 0.3 is 0 Å². The molecule has 3 atom stereocenters. The van der Waals surface area contributed by atoms with E-state index in [-0.39, 0.29) is 17.8 Å². The van der Waals surface area contributed by atoms with Crippen molar-refractivity contribution in [3.8, 4) is 5.75 Å². The Morgan fingerprint density at radius 2 is 1.90 bits per heavy atom. The fourth-order valence-electron chi connectivity index (χ4n) is 4.52. The molecule has 5 heteroatoms. The van der Waals surface area contributed by atoms with Crippen molar-refractivity contribution in [3.63, 3.8) is 0 Å². The molecule has 1 heterocycles. The third-order valence-corrected chi connectivity index (χ3v) is 6.04. The van der Waals surface area contributed by atoms with E-state index in [4.69, 9.17) is 4.74 Å². The third kappa shape index (κ3) is 4.15. The van der Waals surface area contributed by atoms with Crippen molar-refractivity contribution in [1.82, 2.24) is 10.2 Å². The topological polar surface area (TPSA) is 41.6 Å². The number of carbonyl (C=O) groups is 1. The van der Waals surface area contributed by atoms with E-state index in [0.29, 0.717) is 24.2 Å². The summed E-state index contributed by atoms with van der Waals surface area (Å²) < 4.78 is 19.0. The molecule has 4 nitrogen and oxygen atoms in total. The highest BCUT2D eigenvalue weighted by Gasteiger charge is 2.47. The van der Waals surface area contributed by atoms with E-state index in [1.54, 1.807) is 12.1 Å². The Morgan fingerprint density at radius 3 is 2.62 bits per heavy atom. The number of ether oxygens (including phenoxy) is 1. The zero-order chi connectivity index (χ0) is 20.6. The van der Waals surface area contributed by atoms with E-state index < -0.39 is 5.41 Å². The van der Waals surface area contributed by atoms with Crippen molar-refractivity contribution in [3.05, 3.63) is 65.5 Å². The summed E-state index contributed by atoms with van der Waals surface area (Å²) in [5.41, 5.74) is 2.20. The molecular formula is C24H29FN2O2. The Balaban J connectivity index is 1.42. The molecule has 1 N–H and O–H groups in total. The second-order valence-electron chi connectivity index (χ2n) is 9.17. The molecule has 154 valence electrons. The molecule has 29 heavy (non-hydrogen) atoms. The fourth-order valence-corrected chi connectivity index (χ4v) is 4.52. The molecule has 2 aromatic carbocycles. The summed E-state index contributed by atoms with van der Waals surface area (Å²) in [5.74, 6) is 1.15. The highest BCUT2D eigenvalue weighted by molar-refractivity contribution is 5.82. The van der Waals surface area contributed by atoms with Crippen molar-refractivity contribution in [2.24, 2.45) is 11.3 Å². The van der Waals surface area contributed by atoms with Crippen LogP contribution in [0.5, 0.6) is 5.75 Å². The van der Waals surface area contributed by atoms with Gasteiger partial charge in [0.1, 0.15) is 18.2 Å². The van der Waals surface area contributed by atoms with Crippen molar-refractivity contribution < 1.29 is 13.9 Å². The van der Waals surface area contributed by atoms with Gasteiger partial charge in [-0.15, -0.1) is 0 Å². The zero-order valence-corrected chi connectivity index (χ0v) is 17.3. The van der Waals surface area contributed by atoms with Gasteiger partial charge in [-0.05, 0) is 23.3 Å². The van der Waals surface area contributed by atoms with Gasteiger partial charge in [0.15, 0.2) is 0 Å². The number of nitrogens with zero attached hydrogens (tertiary/aromatic N) is 1. The number of rotatable bonds is 5. The van der Waals surface area contributed by atoms with E-state index in [1.807, 2.05) is 20.8 Å². The van der Waals surface area contributed by atoms with Gasteiger partial charge < -0.3 is 10.1 Å². The monoisotopic (exact) mass is 396 g/mol. The SMILES string of the molecule is CC(C)(C)C(=O)N[C@@H]1c2ccccc2[C@@H]2CN(CCOc3cccc(F)c3)C[C@H]12. The molecule has 0 spiro atoms. The number of nitrogens with one attached hydrogen (secondary N) is 1. The van der Waals surface area contributed by atoms with Crippen LogP contribution in [0.25, 0.3) is 0 Å². The molecule has 0 unspecified atom stereocenters. The first-order valence-electron chi connectivity index (χ1n) is 10.3. The molecule has 0 bridgehead atoms. The second-order valence-corrected chi connectivity index (χ2v) is 9.17. The average Bonchev–Trinajstić information content (AvgIpc) is 3.20. The van der Waals surface area contributed by atoms with Gasteiger partial charge in [-0.2, -0.15) is 0 Å². The number of halogens is 1. The quantitative estimate of drug-likeness (QED) is 0.826. The van der Waals surface area contributed by atoms with Crippen molar-refractivity contribution in [1.29, 1.82) is 0 Å². The van der Waals surface area contributed by atoms with Gasteiger partial charge in [0.05, 0.1) is 6.04 Å². The highest BCUT2D eigenvalue weighted by Crippen LogP contribution is 2.49. The van der Waals surface area contributed by atoms with Crippen molar-refractivity contribution >= 4 is 5.91 Å². The van der Waals surface area contributed by atoms with Gasteiger partial charge in [-0.1, -0.05) is 51.1 Å². The number of benzene rings is 2. The predicted octanol–water partition coefficient (Wildman–Crippen LogP) is 4.14. The van der Waals surface area contributed by atoms with Crippen LogP contribution < -0.4 is 10.1 Å². The summed E-state index contributed by atoms with van der Waals surface area (Å²) in [6, 6.07) is 14.8. The molecule has 1 amide bonds. The molecule has 0 saturated carbocycles. The van der Waals surface area contributed by atoms with Crippen LogP contribution in [-0.4, -0.2) is 37.0 Å². The number of hydrogen-bond acceptors (Lipinski definition) is 3. The van der Waals surface area contributed by atoms with Crippen LogP contribution in [-0.2, 0) is 4.79 Å². The predicted molar refractivity (Wildman–Crippen MR) is 111 cm³/mol. The molecular weight excluding hydrogens is 367 g/mol. The lowest BCUT2D eigenvalue weighted by molar-refractivity contribution is -0.129. The number of hydrogen-bond donors (Lipinski definition) is 1. The summed E-state index contributed by atoms with van der Waals surface area (Å²) in [5, 5.41) is 3.32. The maximum absolute atomic E-state index is 13.3. The molecule has 2 aliphatic rings. The molecule has 1 aliphatic heterocycles. The summed E-state index contributed by atoms with van der Waals surface area (Å²) in [6.45, 7) is 9.02.